The van der Waals surface area contributed by atoms with Crippen LogP contribution in [-0.2, 0) is 11.3 Å². The van der Waals surface area contributed by atoms with Crippen molar-refractivity contribution in [2.75, 3.05) is 13.2 Å². The Labute approximate surface area is 147 Å². The molecule has 1 heterocycles. The Morgan fingerprint density at radius 2 is 1.84 bits per heavy atom. The van der Waals surface area contributed by atoms with E-state index in [2.05, 4.69) is 10.3 Å². The van der Waals surface area contributed by atoms with Crippen molar-refractivity contribution < 1.29 is 14.3 Å². The summed E-state index contributed by atoms with van der Waals surface area (Å²) in [5, 5.41) is 2.71. The predicted molar refractivity (Wildman–Crippen MR) is 96.1 cm³/mol. The Morgan fingerprint density at radius 1 is 1.16 bits per heavy atom. The first kappa shape index (κ1) is 18.6. The van der Waals surface area contributed by atoms with Gasteiger partial charge in [0.2, 0.25) is 0 Å². The van der Waals surface area contributed by atoms with Crippen LogP contribution in [0.1, 0.15) is 30.2 Å². The largest absolute Gasteiger partial charge is 0.490 e. The van der Waals surface area contributed by atoms with Gasteiger partial charge in [-0.2, -0.15) is 0 Å². The molecule has 2 rings (SSSR count). The number of amides is 1. The highest BCUT2D eigenvalue weighted by Crippen LogP contribution is 2.26. The third-order valence-corrected chi connectivity index (χ3v) is 3.63. The normalized spacial score (nSPS) is 10.4. The minimum atomic E-state index is -0.301. The van der Waals surface area contributed by atoms with Crippen molar-refractivity contribution in [3.05, 3.63) is 57.5 Å². The number of rotatable bonds is 8. The molecule has 0 saturated heterocycles. The Bertz CT molecular complexity index is 783. The Morgan fingerprint density at radius 3 is 2.48 bits per heavy atom. The number of pyridine rings is 1. The molecule has 2 aromatic rings. The van der Waals surface area contributed by atoms with E-state index in [0.29, 0.717) is 23.7 Å². The summed E-state index contributed by atoms with van der Waals surface area (Å²) in [6.45, 7) is 6.30. The van der Waals surface area contributed by atoms with E-state index in [-0.39, 0.29) is 24.6 Å². The van der Waals surface area contributed by atoms with Crippen LogP contribution >= 0.6 is 0 Å². The molecule has 0 fully saturated rings. The summed E-state index contributed by atoms with van der Waals surface area (Å²) in [7, 11) is 0. The number of hydrogen-bond donors (Lipinski definition) is 2. The number of para-hydroxylation sites is 2. The lowest BCUT2D eigenvalue weighted by Crippen LogP contribution is -2.31. The fraction of sp³-hybridized carbons (Fsp3) is 0.368. The fourth-order valence-electron chi connectivity index (χ4n) is 2.38. The molecule has 0 radical (unpaired) electrons. The van der Waals surface area contributed by atoms with Crippen molar-refractivity contribution >= 4 is 5.91 Å². The third-order valence-electron chi connectivity index (χ3n) is 3.63. The molecule has 1 aromatic carbocycles. The first-order valence-electron chi connectivity index (χ1n) is 8.32. The second-order valence-electron chi connectivity index (χ2n) is 5.80. The second kappa shape index (κ2) is 8.92. The van der Waals surface area contributed by atoms with Crippen molar-refractivity contribution in [2.45, 2.75) is 33.7 Å². The lowest BCUT2D eigenvalue weighted by atomic mass is 10.1. The fourth-order valence-corrected chi connectivity index (χ4v) is 2.38. The molecule has 0 atom stereocenters. The number of ether oxygens (including phenoxy) is 2. The molecule has 6 nitrogen and oxygen atoms in total. The first-order valence-corrected chi connectivity index (χ1v) is 8.32. The van der Waals surface area contributed by atoms with Gasteiger partial charge in [-0.25, -0.2) is 0 Å². The summed E-state index contributed by atoms with van der Waals surface area (Å²) in [5.74, 6) is 0.836. The minimum absolute atomic E-state index is 0.144. The van der Waals surface area contributed by atoms with Gasteiger partial charge in [0.05, 0.1) is 6.61 Å². The number of H-pyrrole nitrogens is 1. The number of hydrogen-bond acceptors (Lipinski definition) is 4. The van der Waals surface area contributed by atoms with Gasteiger partial charge in [0.25, 0.3) is 11.5 Å². The van der Waals surface area contributed by atoms with E-state index in [0.717, 1.165) is 17.7 Å². The zero-order valence-corrected chi connectivity index (χ0v) is 14.8. The quantitative estimate of drug-likeness (QED) is 0.771. The molecule has 0 bridgehead atoms. The van der Waals surface area contributed by atoms with E-state index < -0.39 is 0 Å². The predicted octanol–water partition coefficient (Wildman–Crippen LogP) is 2.48. The number of aromatic amines is 1. The van der Waals surface area contributed by atoms with Gasteiger partial charge in [0, 0.05) is 17.8 Å². The van der Waals surface area contributed by atoms with Gasteiger partial charge < -0.3 is 19.8 Å². The molecule has 2 N–H and O–H groups in total. The van der Waals surface area contributed by atoms with Crippen LogP contribution in [0.15, 0.2) is 35.1 Å². The maximum Gasteiger partial charge on any atom is 0.258 e. The van der Waals surface area contributed by atoms with Crippen LogP contribution in [0.4, 0.5) is 0 Å². The van der Waals surface area contributed by atoms with Crippen LogP contribution in [0, 0.1) is 13.8 Å². The number of carbonyl (C=O) groups is 1. The molecule has 134 valence electrons. The maximum absolute atomic E-state index is 12.0. The molecule has 0 saturated carbocycles. The van der Waals surface area contributed by atoms with Gasteiger partial charge in [-0.15, -0.1) is 0 Å². The number of aromatic nitrogens is 1. The van der Waals surface area contributed by atoms with E-state index in [9.17, 15) is 9.59 Å². The Balaban J connectivity index is 1.91. The van der Waals surface area contributed by atoms with Crippen LogP contribution < -0.4 is 20.3 Å². The molecular formula is C19H24N2O4. The zero-order valence-electron chi connectivity index (χ0n) is 14.8. The highest BCUT2D eigenvalue weighted by atomic mass is 16.5. The van der Waals surface area contributed by atoms with Gasteiger partial charge in [-0.05, 0) is 44.0 Å². The molecule has 0 aliphatic rings. The molecule has 1 aromatic heterocycles. The summed E-state index contributed by atoms with van der Waals surface area (Å²) in [6, 6.07) is 9.11. The van der Waals surface area contributed by atoms with Gasteiger partial charge >= 0.3 is 0 Å². The van der Waals surface area contributed by atoms with E-state index >= 15 is 0 Å². The Hall–Kier alpha value is -2.76. The van der Waals surface area contributed by atoms with Gasteiger partial charge in [-0.1, -0.05) is 19.1 Å². The summed E-state index contributed by atoms with van der Waals surface area (Å²) >= 11 is 0. The number of aryl methyl sites for hydroxylation is 2. The van der Waals surface area contributed by atoms with Crippen LogP contribution in [-0.4, -0.2) is 24.1 Å². The van der Waals surface area contributed by atoms with Crippen LogP contribution in [0.3, 0.4) is 0 Å². The van der Waals surface area contributed by atoms with E-state index in [1.54, 1.807) is 12.1 Å². The molecular weight excluding hydrogens is 320 g/mol. The molecule has 25 heavy (non-hydrogen) atoms. The number of carbonyl (C=O) groups excluding carboxylic acids is 1. The van der Waals surface area contributed by atoms with Crippen molar-refractivity contribution in [3.8, 4) is 11.5 Å². The number of benzene rings is 1. The Kier molecular flexibility index (Phi) is 6.62. The maximum atomic E-state index is 12.0. The molecule has 0 aliphatic heterocycles. The van der Waals surface area contributed by atoms with Crippen LogP contribution in [0.25, 0.3) is 0 Å². The zero-order chi connectivity index (χ0) is 18.2. The van der Waals surface area contributed by atoms with E-state index in [1.807, 2.05) is 39.0 Å². The van der Waals surface area contributed by atoms with Crippen molar-refractivity contribution in [1.29, 1.82) is 0 Å². The van der Waals surface area contributed by atoms with E-state index in [1.165, 1.54) is 0 Å². The summed E-state index contributed by atoms with van der Waals surface area (Å²) in [6.07, 6.45) is 0.888. The number of nitrogens with one attached hydrogen (secondary N) is 2. The van der Waals surface area contributed by atoms with E-state index in [4.69, 9.17) is 9.47 Å². The summed E-state index contributed by atoms with van der Waals surface area (Å²) in [5.41, 5.74) is 2.01. The van der Waals surface area contributed by atoms with Crippen molar-refractivity contribution in [3.63, 3.8) is 0 Å². The van der Waals surface area contributed by atoms with Gasteiger partial charge in [-0.3, -0.25) is 9.59 Å². The van der Waals surface area contributed by atoms with Gasteiger partial charge in [0.1, 0.15) is 0 Å². The lowest BCUT2D eigenvalue weighted by Gasteiger charge is -2.12. The lowest BCUT2D eigenvalue weighted by molar-refractivity contribution is -0.123. The SMILES string of the molecule is CCCOc1ccccc1OCC(=O)NCc1c(C)cc(C)[nH]c1=O. The molecule has 1 amide bonds. The molecule has 0 spiro atoms. The summed E-state index contributed by atoms with van der Waals surface area (Å²) < 4.78 is 11.1. The smallest absolute Gasteiger partial charge is 0.258 e. The average molecular weight is 344 g/mol. The van der Waals surface area contributed by atoms with Gasteiger partial charge in [0.15, 0.2) is 18.1 Å². The van der Waals surface area contributed by atoms with Crippen LogP contribution in [0.2, 0.25) is 0 Å². The minimum Gasteiger partial charge on any atom is -0.490 e. The highest BCUT2D eigenvalue weighted by Gasteiger charge is 2.10. The molecule has 6 heteroatoms. The van der Waals surface area contributed by atoms with Crippen LogP contribution in [0.5, 0.6) is 11.5 Å². The topological polar surface area (TPSA) is 80.4 Å². The highest BCUT2D eigenvalue weighted by molar-refractivity contribution is 5.77. The second-order valence-corrected chi connectivity index (χ2v) is 5.80. The molecule has 0 aliphatic carbocycles. The standard InChI is InChI=1S/C19H24N2O4/c1-4-9-24-16-7-5-6-8-17(16)25-12-18(22)20-11-15-13(2)10-14(3)21-19(15)23/h5-8,10H,4,9,11-12H2,1-3H3,(H,20,22)(H,21,23). The third kappa shape index (κ3) is 5.38. The first-order chi connectivity index (χ1) is 12.0. The van der Waals surface area contributed by atoms with Crippen molar-refractivity contribution in [2.24, 2.45) is 0 Å². The molecule has 0 unspecified atom stereocenters. The van der Waals surface area contributed by atoms with Crippen molar-refractivity contribution in [1.82, 2.24) is 10.3 Å². The summed E-state index contributed by atoms with van der Waals surface area (Å²) in [4.78, 5) is 26.7. The average Bonchev–Trinajstić information content (AvgIpc) is 2.57. The monoisotopic (exact) mass is 344 g/mol.